The van der Waals surface area contributed by atoms with E-state index in [2.05, 4.69) is 21.3 Å². The van der Waals surface area contributed by atoms with Crippen LogP contribution < -0.4 is 21.3 Å². The standard InChI is InChI=1S/C27H40N4O4/c32-24-13-5-3-11-22(24)21-26(34)30-19-9-17-28-15-7-1-2-8-16-29-18-10-20-31-27(35)23-12-4-6-14-25(23)33/h3-6,11-14,28-29,32-33H,1-2,7-10,15-21H2,(H,30,34)(H,31,35). The number of unbranched alkanes of at least 4 members (excludes halogenated alkanes) is 3. The number of hydrogen-bond acceptors (Lipinski definition) is 6. The molecule has 0 fully saturated rings. The molecule has 2 rings (SSSR count). The fourth-order valence-corrected chi connectivity index (χ4v) is 3.62. The highest BCUT2D eigenvalue weighted by Crippen LogP contribution is 2.16. The maximum Gasteiger partial charge on any atom is 0.255 e. The summed E-state index contributed by atoms with van der Waals surface area (Å²) in [5.74, 6) is -0.154. The molecule has 0 aromatic heterocycles. The first kappa shape index (κ1) is 28.1. The average Bonchev–Trinajstić information content (AvgIpc) is 2.85. The summed E-state index contributed by atoms with van der Waals surface area (Å²) in [6.45, 7) is 4.89. The number of rotatable bonds is 18. The molecule has 2 aromatic carbocycles. The summed E-state index contributed by atoms with van der Waals surface area (Å²) in [4.78, 5) is 23.9. The number of carbonyl (C=O) groups is 2. The second kappa shape index (κ2) is 17.4. The third kappa shape index (κ3) is 12.2. The van der Waals surface area contributed by atoms with Gasteiger partial charge < -0.3 is 31.5 Å². The highest BCUT2D eigenvalue weighted by Gasteiger charge is 2.09. The fraction of sp³-hybridized carbons (Fsp3) is 0.481. The first-order valence-electron chi connectivity index (χ1n) is 12.6. The van der Waals surface area contributed by atoms with Gasteiger partial charge in [0.15, 0.2) is 0 Å². The van der Waals surface area contributed by atoms with Crippen LogP contribution in [0.15, 0.2) is 48.5 Å². The van der Waals surface area contributed by atoms with Crippen LogP contribution in [0, 0.1) is 0 Å². The zero-order chi connectivity index (χ0) is 25.1. The van der Waals surface area contributed by atoms with Gasteiger partial charge in [0.05, 0.1) is 12.0 Å². The number of carbonyl (C=O) groups excluding carboxylic acids is 2. The summed E-state index contributed by atoms with van der Waals surface area (Å²) < 4.78 is 0. The first-order chi connectivity index (χ1) is 17.1. The number of phenols is 2. The van der Waals surface area contributed by atoms with Gasteiger partial charge in [-0.15, -0.1) is 0 Å². The molecule has 8 heteroatoms. The molecule has 0 aliphatic carbocycles. The van der Waals surface area contributed by atoms with Crippen molar-refractivity contribution in [2.24, 2.45) is 0 Å². The Labute approximate surface area is 208 Å². The Morgan fingerprint density at radius 3 is 1.77 bits per heavy atom. The molecule has 0 spiro atoms. The number of aromatic hydroxyl groups is 2. The molecule has 0 aliphatic rings. The number of nitrogens with one attached hydrogen (secondary N) is 4. The topological polar surface area (TPSA) is 123 Å². The largest absolute Gasteiger partial charge is 0.508 e. The van der Waals surface area contributed by atoms with Crippen LogP contribution in [0.2, 0.25) is 0 Å². The molecule has 0 aliphatic heterocycles. The summed E-state index contributed by atoms with van der Waals surface area (Å²) >= 11 is 0. The van der Waals surface area contributed by atoms with Crippen molar-refractivity contribution in [2.75, 3.05) is 39.3 Å². The van der Waals surface area contributed by atoms with Gasteiger partial charge in [0.2, 0.25) is 5.91 Å². The van der Waals surface area contributed by atoms with Crippen LogP contribution in [0.4, 0.5) is 0 Å². The van der Waals surface area contributed by atoms with E-state index in [0.29, 0.717) is 24.2 Å². The van der Waals surface area contributed by atoms with E-state index in [4.69, 9.17) is 0 Å². The molecular formula is C27H40N4O4. The Bertz CT molecular complexity index is 891. The number of phenolic OH excluding ortho intramolecular Hbond substituents is 2. The summed E-state index contributed by atoms with van der Waals surface area (Å²) in [5.41, 5.74) is 0.954. The predicted octanol–water partition coefficient (Wildman–Crippen LogP) is 2.71. The van der Waals surface area contributed by atoms with Crippen molar-refractivity contribution in [3.63, 3.8) is 0 Å². The Hall–Kier alpha value is -3.10. The van der Waals surface area contributed by atoms with Crippen LogP contribution in [0.1, 0.15) is 54.4 Å². The van der Waals surface area contributed by atoms with Gasteiger partial charge in [-0.25, -0.2) is 0 Å². The van der Waals surface area contributed by atoms with Gasteiger partial charge in [0.25, 0.3) is 5.91 Å². The molecule has 0 unspecified atom stereocenters. The van der Waals surface area contributed by atoms with Crippen molar-refractivity contribution in [3.8, 4) is 11.5 Å². The van der Waals surface area contributed by atoms with Crippen LogP contribution in [0.25, 0.3) is 0 Å². The first-order valence-corrected chi connectivity index (χ1v) is 12.6. The molecule has 35 heavy (non-hydrogen) atoms. The van der Waals surface area contributed by atoms with Crippen molar-refractivity contribution in [3.05, 3.63) is 59.7 Å². The maximum absolute atomic E-state index is 12.0. The average molecular weight is 485 g/mol. The molecular weight excluding hydrogens is 444 g/mol. The van der Waals surface area contributed by atoms with Gasteiger partial charge in [-0.05, 0) is 70.1 Å². The lowest BCUT2D eigenvalue weighted by Gasteiger charge is -2.08. The summed E-state index contributed by atoms with van der Waals surface area (Å²) in [6.07, 6.45) is 6.56. The molecule has 0 heterocycles. The van der Waals surface area contributed by atoms with E-state index in [0.717, 1.165) is 51.9 Å². The van der Waals surface area contributed by atoms with E-state index in [1.165, 1.54) is 18.9 Å². The number of amides is 2. The van der Waals surface area contributed by atoms with Crippen LogP contribution >= 0.6 is 0 Å². The molecule has 8 nitrogen and oxygen atoms in total. The van der Waals surface area contributed by atoms with Gasteiger partial charge in [0, 0.05) is 18.7 Å². The van der Waals surface area contributed by atoms with Gasteiger partial charge in [-0.3, -0.25) is 9.59 Å². The van der Waals surface area contributed by atoms with Gasteiger partial charge in [0.1, 0.15) is 11.5 Å². The monoisotopic (exact) mass is 484 g/mol. The van der Waals surface area contributed by atoms with E-state index in [-0.39, 0.29) is 29.7 Å². The molecule has 2 amide bonds. The van der Waals surface area contributed by atoms with Crippen LogP contribution in [0.3, 0.4) is 0 Å². The molecule has 0 radical (unpaired) electrons. The molecule has 0 saturated heterocycles. The lowest BCUT2D eigenvalue weighted by atomic mass is 10.1. The quantitative estimate of drug-likeness (QED) is 0.181. The molecule has 0 bridgehead atoms. The molecule has 2 aromatic rings. The SMILES string of the molecule is O=C(Cc1ccccc1O)NCCCNCCCCCCNCCCNC(=O)c1ccccc1O. The number of para-hydroxylation sites is 2. The van der Waals surface area contributed by atoms with Crippen molar-refractivity contribution < 1.29 is 19.8 Å². The molecule has 0 atom stereocenters. The predicted molar refractivity (Wildman–Crippen MR) is 139 cm³/mol. The van der Waals surface area contributed by atoms with Crippen molar-refractivity contribution in [1.82, 2.24) is 21.3 Å². The third-order valence-corrected chi connectivity index (χ3v) is 5.62. The Morgan fingerprint density at radius 2 is 1.14 bits per heavy atom. The number of hydrogen-bond donors (Lipinski definition) is 6. The van der Waals surface area contributed by atoms with Crippen LogP contribution in [-0.4, -0.2) is 61.3 Å². The minimum absolute atomic E-state index is 0.00362. The van der Waals surface area contributed by atoms with Gasteiger partial charge in [-0.2, -0.15) is 0 Å². The van der Waals surface area contributed by atoms with Gasteiger partial charge >= 0.3 is 0 Å². The maximum atomic E-state index is 12.0. The normalized spacial score (nSPS) is 10.7. The molecule has 6 N–H and O–H groups in total. The lowest BCUT2D eigenvalue weighted by molar-refractivity contribution is -0.120. The van der Waals surface area contributed by atoms with E-state index in [9.17, 15) is 19.8 Å². The highest BCUT2D eigenvalue weighted by atomic mass is 16.3. The van der Waals surface area contributed by atoms with E-state index in [1.807, 2.05) is 6.07 Å². The smallest absolute Gasteiger partial charge is 0.255 e. The minimum atomic E-state index is -0.245. The third-order valence-electron chi connectivity index (χ3n) is 5.62. The van der Waals surface area contributed by atoms with Gasteiger partial charge in [-0.1, -0.05) is 43.2 Å². The Kier molecular flexibility index (Phi) is 14.0. The van der Waals surface area contributed by atoms with Crippen molar-refractivity contribution in [1.29, 1.82) is 0 Å². The fourth-order valence-electron chi connectivity index (χ4n) is 3.62. The molecule has 192 valence electrons. The zero-order valence-electron chi connectivity index (χ0n) is 20.5. The van der Waals surface area contributed by atoms with E-state index >= 15 is 0 Å². The summed E-state index contributed by atoms with van der Waals surface area (Å²) in [7, 11) is 0. The zero-order valence-corrected chi connectivity index (χ0v) is 20.5. The van der Waals surface area contributed by atoms with Crippen LogP contribution in [0.5, 0.6) is 11.5 Å². The lowest BCUT2D eigenvalue weighted by Crippen LogP contribution is -2.28. The minimum Gasteiger partial charge on any atom is -0.508 e. The van der Waals surface area contributed by atoms with Crippen molar-refractivity contribution >= 4 is 11.8 Å². The second-order valence-electron chi connectivity index (χ2n) is 8.55. The summed E-state index contributed by atoms with van der Waals surface area (Å²) in [6, 6.07) is 13.5. The molecule has 0 saturated carbocycles. The Morgan fingerprint density at radius 1 is 0.600 bits per heavy atom. The van der Waals surface area contributed by atoms with E-state index in [1.54, 1.807) is 36.4 Å². The Balaban J connectivity index is 1.31. The summed E-state index contributed by atoms with van der Waals surface area (Å²) in [5, 5.41) is 31.9. The van der Waals surface area contributed by atoms with Crippen LogP contribution in [-0.2, 0) is 11.2 Å². The second-order valence-corrected chi connectivity index (χ2v) is 8.55. The van der Waals surface area contributed by atoms with Crippen molar-refractivity contribution in [2.45, 2.75) is 44.9 Å². The number of benzene rings is 2. The van der Waals surface area contributed by atoms with E-state index < -0.39 is 0 Å². The highest BCUT2D eigenvalue weighted by molar-refractivity contribution is 5.96.